The fourth-order valence-corrected chi connectivity index (χ4v) is 3.81. The molecule has 1 aromatic heterocycles. The minimum atomic E-state index is 0.0647. The number of para-hydroxylation sites is 1. The van der Waals surface area contributed by atoms with Crippen molar-refractivity contribution < 1.29 is 4.79 Å². The van der Waals surface area contributed by atoms with Gasteiger partial charge in [-0.3, -0.25) is 4.79 Å². The molecule has 2 aliphatic rings. The van der Waals surface area contributed by atoms with E-state index < -0.39 is 0 Å². The first-order valence-electron chi connectivity index (χ1n) is 8.83. The lowest BCUT2D eigenvalue weighted by Crippen LogP contribution is -2.39. The van der Waals surface area contributed by atoms with Gasteiger partial charge in [-0.25, -0.2) is 4.98 Å². The Balaban J connectivity index is 1.52. The fraction of sp³-hybridized carbons (Fsp3) is 0.400. The molecule has 2 aliphatic heterocycles. The van der Waals surface area contributed by atoms with Gasteiger partial charge in [-0.1, -0.05) is 25.1 Å². The van der Waals surface area contributed by atoms with E-state index in [-0.39, 0.29) is 5.91 Å². The number of hydrogen-bond acceptors (Lipinski definition) is 3. The Hall–Kier alpha value is -2.36. The number of nitrogens with zero attached hydrogens (tertiary/aromatic N) is 3. The molecule has 2 aromatic rings. The van der Waals surface area contributed by atoms with Crippen molar-refractivity contribution in [1.82, 2.24) is 9.88 Å². The summed E-state index contributed by atoms with van der Waals surface area (Å²) in [6.45, 7) is 4.88. The Morgan fingerprint density at radius 3 is 2.83 bits per heavy atom. The maximum absolute atomic E-state index is 12.6. The van der Waals surface area contributed by atoms with Gasteiger partial charge in [0.2, 0.25) is 0 Å². The van der Waals surface area contributed by atoms with Gasteiger partial charge >= 0.3 is 0 Å². The molecule has 1 amide bonds. The van der Waals surface area contributed by atoms with E-state index in [1.54, 1.807) is 0 Å². The van der Waals surface area contributed by atoms with Crippen LogP contribution in [0.15, 0.2) is 42.6 Å². The van der Waals surface area contributed by atoms with Crippen LogP contribution in [-0.4, -0.2) is 35.4 Å². The Morgan fingerprint density at radius 1 is 1.17 bits per heavy atom. The van der Waals surface area contributed by atoms with Crippen molar-refractivity contribution >= 4 is 17.3 Å². The quantitative estimate of drug-likeness (QED) is 0.847. The van der Waals surface area contributed by atoms with Crippen molar-refractivity contribution in [3.8, 4) is 0 Å². The first-order chi connectivity index (χ1) is 11.7. The number of carbonyl (C=O) groups excluding carboxylic acids is 1. The summed E-state index contributed by atoms with van der Waals surface area (Å²) in [6, 6.07) is 12.4. The topological polar surface area (TPSA) is 36.4 Å². The van der Waals surface area contributed by atoms with Crippen molar-refractivity contribution in [1.29, 1.82) is 0 Å². The largest absolute Gasteiger partial charge is 0.340 e. The number of anilines is 2. The van der Waals surface area contributed by atoms with Crippen LogP contribution in [0.2, 0.25) is 0 Å². The Kier molecular flexibility index (Phi) is 3.97. The minimum Gasteiger partial charge on any atom is -0.340 e. The molecule has 1 aromatic carbocycles. The molecule has 0 N–H and O–H groups in total. The summed E-state index contributed by atoms with van der Waals surface area (Å²) >= 11 is 0. The smallest absolute Gasteiger partial charge is 0.272 e. The highest BCUT2D eigenvalue weighted by molar-refractivity contribution is 5.92. The zero-order valence-corrected chi connectivity index (χ0v) is 14.1. The average molecular weight is 321 g/mol. The summed E-state index contributed by atoms with van der Waals surface area (Å²) in [4.78, 5) is 21.3. The van der Waals surface area contributed by atoms with Gasteiger partial charge in [0.05, 0.1) is 11.9 Å². The molecule has 0 saturated carbocycles. The molecule has 0 spiro atoms. The van der Waals surface area contributed by atoms with Gasteiger partial charge in [0, 0.05) is 25.3 Å². The second-order valence-electron chi connectivity index (χ2n) is 6.93. The predicted octanol–water partition coefficient (Wildman–Crippen LogP) is 3.65. The summed E-state index contributed by atoms with van der Waals surface area (Å²) in [5.41, 5.74) is 4.24. The number of aromatic nitrogens is 1. The monoisotopic (exact) mass is 321 g/mol. The average Bonchev–Trinajstić information content (AvgIpc) is 3.05. The number of hydrogen-bond donors (Lipinski definition) is 0. The Morgan fingerprint density at radius 2 is 2.04 bits per heavy atom. The maximum atomic E-state index is 12.6. The second kappa shape index (κ2) is 6.27. The molecule has 1 saturated heterocycles. The van der Waals surface area contributed by atoms with Crippen molar-refractivity contribution in [2.45, 2.75) is 26.2 Å². The van der Waals surface area contributed by atoms with Crippen LogP contribution >= 0.6 is 0 Å². The molecule has 4 heteroatoms. The van der Waals surface area contributed by atoms with Crippen LogP contribution in [0.1, 0.15) is 35.8 Å². The third kappa shape index (κ3) is 2.77. The lowest BCUT2D eigenvalue weighted by Gasteiger charge is -2.30. The van der Waals surface area contributed by atoms with Crippen LogP contribution in [-0.2, 0) is 6.42 Å². The molecule has 0 bridgehead atoms. The number of rotatable bonds is 2. The molecule has 0 aliphatic carbocycles. The van der Waals surface area contributed by atoms with Crippen molar-refractivity contribution in [2.24, 2.45) is 5.92 Å². The molecular formula is C20H23N3O. The SMILES string of the molecule is CC1CCCN(C(=O)c2ccc(N3CCc4ccccc43)cn2)C1. The summed E-state index contributed by atoms with van der Waals surface area (Å²) in [6.07, 6.45) is 5.20. The predicted molar refractivity (Wildman–Crippen MR) is 95.7 cm³/mol. The van der Waals surface area contributed by atoms with Crippen LogP contribution in [0.5, 0.6) is 0 Å². The lowest BCUT2D eigenvalue weighted by atomic mass is 10.00. The standard InChI is InChI=1S/C20H23N3O/c1-15-5-4-11-22(14-15)20(24)18-9-8-17(13-21-18)23-12-10-16-6-2-3-7-19(16)23/h2-3,6-9,13,15H,4-5,10-12,14H2,1H3. The molecule has 1 atom stereocenters. The van der Waals surface area contributed by atoms with E-state index in [1.165, 1.54) is 17.7 Å². The molecule has 3 heterocycles. The first kappa shape index (κ1) is 15.2. The van der Waals surface area contributed by atoms with Gasteiger partial charge in [0.1, 0.15) is 5.69 Å². The number of carbonyl (C=O) groups is 1. The number of benzene rings is 1. The highest BCUT2D eigenvalue weighted by atomic mass is 16.2. The van der Waals surface area contributed by atoms with Gasteiger partial charge in [0.15, 0.2) is 0 Å². The van der Waals surface area contributed by atoms with Crippen LogP contribution in [0.3, 0.4) is 0 Å². The first-order valence-corrected chi connectivity index (χ1v) is 8.83. The number of likely N-dealkylation sites (tertiary alicyclic amines) is 1. The minimum absolute atomic E-state index is 0.0647. The van der Waals surface area contributed by atoms with Gasteiger partial charge in [-0.2, -0.15) is 0 Å². The van der Waals surface area contributed by atoms with Crippen LogP contribution < -0.4 is 4.90 Å². The zero-order valence-electron chi connectivity index (χ0n) is 14.1. The summed E-state index contributed by atoms with van der Waals surface area (Å²) in [5.74, 6) is 0.651. The van der Waals surface area contributed by atoms with Crippen molar-refractivity contribution in [2.75, 3.05) is 24.5 Å². The summed E-state index contributed by atoms with van der Waals surface area (Å²) in [5, 5.41) is 0. The number of amides is 1. The van der Waals surface area contributed by atoms with Crippen molar-refractivity contribution in [3.63, 3.8) is 0 Å². The molecule has 124 valence electrons. The van der Waals surface area contributed by atoms with Crippen LogP contribution in [0.25, 0.3) is 0 Å². The maximum Gasteiger partial charge on any atom is 0.272 e. The zero-order chi connectivity index (χ0) is 16.5. The fourth-order valence-electron chi connectivity index (χ4n) is 3.81. The summed E-state index contributed by atoms with van der Waals surface area (Å²) in [7, 11) is 0. The Bertz CT molecular complexity index is 741. The molecular weight excluding hydrogens is 298 g/mol. The third-order valence-corrected chi connectivity index (χ3v) is 5.11. The van der Waals surface area contributed by atoms with Crippen molar-refractivity contribution in [3.05, 3.63) is 53.9 Å². The normalized spacial score (nSPS) is 20.1. The lowest BCUT2D eigenvalue weighted by molar-refractivity contribution is 0.0677. The van der Waals surface area contributed by atoms with Gasteiger partial charge in [-0.05, 0) is 48.9 Å². The van der Waals surface area contributed by atoms with E-state index in [2.05, 4.69) is 41.1 Å². The molecule has 1 unspecified atom stereocenters. The van der Waals surface area contributed by atoms with Gasteiger partial charge in [0.25, 0.3) is 5.91 Å². The van der Waals surface area contributed by atoms with Gasteiger partial charge < -0.3 is 9.80 Å². The van der Waals surface area contributed by atoms with E-state index in [0.29, 0.717) is 11.6 Å². The second-order valence-corrected chi connectivity index (χ2v) is 6.93. The third-order valence-electron chi connectivity index (χ3n) is 5.11. The van der Waals surface area contributed by atoms with E-state index >= 15 is 0 Å². The van der Waals surface area contributed by atoms with Crippen LogP contribution in [0, 0.1) is 5.92 Å². The molecule has 4 nitrogen and oxygen atoms in total. The van der Waals surface area contributed by atoms with Crippen LogP contribution in [0.4, 0.5) is 11.4 Å². The van der Waals surface area contributed by atoms with E-state index in [1.807, 2.05) is 23.2 Å². The number of pyridine rings is 1. The Labute approximate surface area is 143 Å². The van der Waals surface area contributed by atoms with E-state index in [0.717, 1.165) is 38.2 Å². The van der Waals surface area contributed by atoms with E-state index in [9.17, 15) is 4.79 Å². The number of piperidine rings is 1. The highest BCUT2D eigenvalue weighted by Gasteiger charge is 2.24. The van der Waals surface area contributed by atoms with E-state index in [4.69, 9.17) is 0 Å². The molecule has 1 fully saturated rings. The molecule has 4 rings (SSSR count). The summed E-state index contributed by atoms with van der Waals surface area (Å²) < 4.78 is 0. The van der Waals surface area contributed by atoms with Gasteiger partial charge in [-0.15, -0.1) is 0 Å². The molecule has 0 radical (unpaired) electrons. The number of fused-ring (bicyclic) bond motifs is 1. The molecule has 24 heavy (non-hydrogen) atoms. The highest BCUT2D eigenvalue weighted by Crippen LogP contribution is 2.33.